The van der Waals surface area contributed by atoms with Crippen LogP contribution in [0.2, 0.25) is 10.0 Å². The van der Waals surface area contributed by atoms with E-state index in [1.807, 2.05) is 41.5 Å². The van der Waals surface area contributed by atoms with Crippen LogP contribution in [0.3, 0.4) is 0 Å². The second kappa shape index (κ2) is 9.95. The number of rotatable bonds is 6. The number of hydrogen-bond acceptors (Lipinski definition) is 3. The lowest BCUT2D eigenvalue weighted by molar-refractivity contribution is 0.659. The Morgan fingerprint density at radius 2 is 1.85 bits per heavy atom. The molecule has 0 saturated carbocycles. The fourth-order valence-corrected chi connectivity index (χ4v) is 4.32. The van der Waals surface area contributed by atoms with Gasteiger partial charge in [0, 0.05) is 16.2 Å². The number of nitrogens with one attached hydrogen (secondary N) is 2. The van der Waals surface area contributed by atoms with E-state index in [0.717, 1.165) is 28.3 Å². The lowest BCUT2D eigenvalue weighted by atomic mass is 10.1. The van der Waals surface area contributed by atoms with Gasteiger partial charge in [0.2, 0.25) is 0 Å². The van der Waals surface area contributed by atoms with E-state index in [4.69, 9.17) is 35.4 Å². The third-order valence-electron chi connectivity index (χ3n) is 5.27. The summed E-state index contributed by atoms with van der Waals surface area (Å²) in [5, 5.41) is 17.2. The first-order valence-electron chi connectivity index (χ1n) is 10.4. The molecule has 33 heavy (non-hydrogen) atoms. The molecular weight excluding hydrogens is 475 g/mol. The minimum Gasteiger partial charge on any atom is -0.330 e. The number of halogens is 2. The van der Waals surface area contributed by atoms with Crippen LogP contribution < -0.4 is 10.6 Å². The van der Waals surface area contributed by atoms with Gasteiger partial charge in [-0.15, -0.1) is 0 Å². The second-order valence-corrected chi connectivity index (χ2v) is 9.19. The average Bonchev–Trinajstić information content (AvgIpc) is 3.29. The predicted octanol–water partition coefficient (Wildman–Crippen LogP) is 6.22. The number of thiocarbonyl (C=S) groups is 1. The summed E-state index contributed by atoms with van der Waals surface area (Å²) >= 11 is 17.9. The first kappa shape index (κ1) is 23.3. The Hall–Kier alpha value is -2.87. The van der Waals surface area contributed by atoms with Crippen molar-refractivity contribution in [3.8, 4) is 0 Å². The highest BCUT2D eigenvalue weighted by Crippen LogP contribution is 2.25. The first-order chi connectivity index (χ1) is 15.8. The van der Waals surface area contributed by atoms with Crippen molar-refractivity contribution in [2.45, 2.75) is 33.9 Å². The van der Waals surface area contributed by atoms with Crippen molar-refractivity contribution >= 4 is 51.9 Å². The van der Waals surface area contributed by atoms with Crippen molar-refractivity contribution in [1.29, 1.82) is 0 Å². The summed E-state index contributed by atoms with van der Waals surface area (Å²) in [6.07, 6.45) is 3.69. The highest BCUT2D eigenvalue weighted by Gasteiger charge is 2.14. The highest BCUT2D eigenvalue weighted by molar-refractivity contribution is 7.80. The van der Waals surface area contributed by atoms with Crippen LogP contribution in [0.4, 0.5) is 11.4 Å². The summed E-state index contributed by atoms with van der Waals surface area (Å²) in [7, 11) is 0. The van der Waals surface area contributed by atoms with Gasteiger partial charge in [-0.2, -0.15) is 10.2 Å². The summed E-state index contributed by atoms with van der Waals surface area (Å²) in [5.41, 5.74) is 6.85. The molecule has 2 N–H and O–H groups in total. The maximum absolute atomic E-state index is 6.33. The molecular formula is C24H24Cl2N6S. The highest BCUT2D eigenvalue weighted by atomic mass is 35.5. The molecule has 170 valence electrons. The molecule has 9 heteroatoms. The van der Waals surface area contributed by atoms with Gasteiger partial charge in [-0.25, -0.2) is 0 Å². The zero-order chi connectivity index (χ0) is 23.5. The number of benzene rings is 2. The second-order valence-electron chi connectivity index (χ2n) is 7.93. The van der Waals surface area contributed by atoms with E-state index in [-0.39, 0.29) is 0 Å². The van der Waals surface area contributed by atoms with E-state index in [2.05, 4.69) is 52.0 Å². The largest absolute Gasteiger partial charge is 0.330 e. The Bertz CT molecular complexity index is 1310. The molecule has 0 unspecified atom stereocenters. The molecule has 0 atom stereocenters. The van der Waals surface area contributed by atoms with Gasteiger partial charge in [-0.3, -0.25) is 9.36 Å². The SMILES string of the molecule is Cc1cccc(Cn2cc(NC(=S)Nc3c(C)nn(Cc4ccc(Cl)cc4Cl)c3C)cn2)c1. The molecule has 0 saturated heterocycles. The molecule has 2 aromatic carbocycles. The lowest BCUT2D eigenvalue weighted by Crippen LogP contribution is -2.19. The van der Waals surface area contributed by atoms with Gasteiger partial charge >= 0.3 is 0 Å². The number of anilines is 2. The zero-order valence-corrected chi connectivity index (χ0v) is 20.9. The summed E-state index contributed by atoms with van der Waals surface area (Å²) < 4.78 is 3.78. The van der Waals surface area contributed by atoms with E-state index >= 15 is 0 Å². The Balaban J connectivity index is 1.41. The summed E-state index contributed by atoms with van der Waals surface area (Å²) in [4.78, 5) is 0. The molecule has 0 aliphatic carbocycles. The van der Waals surface area contributed by atoms with Gasteiger partial charge in [0.05, 0.1) is 42.0 Å². The van der Waals surface area contributed by atoms with E-state index in [1.165, 1.54) is 11.1 Å². The third-order valence-corrected chi connectivity index (χ3v) is 6.06. The van der Waals surface area contributed by atoms with Gasteiger partial charge in [-0.05, 0) is 56.2 Å². The maximum atomic E-state index is 6.33. The molecule has 4 rings (SSSR count). The summed E-state index contributed by atoms with van der Waals surface area (Å²) in [6, 6.07) is 13.9. The van der Waals surface area contributed by atoms with Crippen molar-refractivity contribution in [1.82, 2.24) is 19.6 Å². The van der Waals surface area contributed by atoms with Crippen LogP contribution in [0.1, 0.15) is 28.1 Å². The number of hydrogen-bond donors (Lipinski definition) is 2. The molecule has 0 fully saturated rings. The summed E-state index contributed by atoms with van der Waals surface area (Å²) in [6.45, 7) is 7.25. The molecule has 0 aliphatic rings. The van der Waals surface area contributed by atoms with E-state index < -0.39 is 0 Å². The van der Waals surface area contributed by atoms with Crippen LogP contribution in [0.25, 0.3) is 0 Å². The van der Waals surface area contributed by atoms with Gasteiger partial charge in [0.1, 0.15) is 0 Å². The molecule has 6 nitrogen and oxygen atoms in total. The van der Waals surface area contributed by atoms with Crippen molar-refractivity contribution in [2.75, 3.05) is 10.6 Å². The molecule has 0 aliphatic heterocycles. The molecule has 0 radical (unpaired) electrons. The monoisotopic (exact) mass is 498 g/mol. The molecule has 0 amide bonds. The minimum atomic E-state index is 0.473. The van der Waals surface area contributed by atoms with Gasteiger partial charge in [0.25, 0.3) is 0 Å². The summed E-state index contributed by atoms with van der Waals surface area (Å²) in [5.74, 6) is 0. The molecule has 2 aromatic heterocycles. The zero-order valence-electron chi connectivity index (χ0n) is 18.6. The minimum absolute atomic E-state index is 0.473. The topological polar surface area (TPSA) is 59.7 Å². The van der Waals surface area contributed by atoms with Crippen molar-refractivity contribution in [3.63, 3.8) is 0 Å². The van der Waals surface area contributed by atoms with E-state index in [0.29, 0.717) is 28.2 Å². The normalized spacial score (nSPS) is 10.9. The van der Waals surface area contributed by atoms with Gasteiger partial charge in [-0.1, -0.05) is 59.1 Å². The fourth-order valence-electron chi connectivity index (χ4n) is 3.63. The Morgan fingerprint density at radius 3 is 2.61 bits per heavy atom. The standard InChI is InChI=1S/C24H24Cl2N6S/c1-15-5-4-6-18(9-15)12-31-14-21(11-27-31)28-24(33)29-23-16(2)30-32(17(23)3)13-19-7-8-20(25)10-22(19)26/h4-11,14H,12-13H2,1-3H3,(H2,28,29,33). The number of aryl methyl sites for hydroxylation is 2. The Morgan fingerprint density at radius 1 is 1.03 bits per heavy atom. The molecule has 0 spiro atoms. The number of nitrogens with zero attached hydrogens (tertiary/aromatic N) is 4. The molecule has 4 aromatic rings. The number of aromatic nitrogens is 4. The maximum Gasteiger partial charge on any atom is 0.175 e. The van der Waals surface area contributed by atoms with Crippen LogP contribution in [0.15, 0.2) is 54.9 Å². The van der Waals surface area contributed by atoms with Crippen molar-refractivity contribution in [2.24, 2.45) is 0 Å². The van der Waals surface area contributed by atoms with Crippen LogP contribution >= 0.6 is 35.4 Å². The van der Waals surface area contributed by atoms with Crippen LogP contribution in [0.5, 0.6) is 0 Å². The predicted molar refractivity (Wildman–Crippen MR) is 140 cm³/mol. The van der Waals surface area contributed by atoms with Crippen LogP contribution in [0, 0.1) is 20.8 Å². The van der Waals surface area contributed by atoms with E-state index in [9.17, 15) is 0 Å². The van der Waals surface area contributed by atoms with E-state index in [1.54, 1.807) is 12.3 Å². The fraction of sp³-hybridized carbons (Fsp3) is 0.208. The molecule has 0 bridgehead atoms. The average molecular weight is 499 g/mol. The van der Waals surface area contributed by atoms with Crippen molar-refractivity contribution in [3.05, 3.63) is 93.0 Å². The Kier molecular flexibility index (Phi) is 7.02. The quantitative estimate of drug-likeness (QED) is 0.309. The third kappa shape index (κ3) is 5.74. The first-order valence-corrected chi connectivity index (χ1v) is 11.6. The van der Waals surface area contributed by atoms with Gasteiger partial charge in [0.15, 0.2) is 5.11 Å². The lowest BCUT2D eigenvalue weighted by Gasteiger charge is -2.10. The molecule has 2 heterocycles. The van der Waals surface area contributed by atoms with Crippen molar-refractivity contribution < 1.29 is 0 Å². The smallest absolute Gasteiger partial charge is 0.175 e. The van der Waals surface area contributed by atoms with Gasteiger partial charge < -0.3 is 10.6 Å². The van der Waals surface area contributed by atoms with Crippen LogP contribution in [-0.4, -0.2) is 24.7 Å². The van der Waals surface area contributed by atoms with Crippen LogP contribution in [-0.2, 0) is 13.1 Å². The Labute approximate surface area is 208 Å².